The summed E-state index contributed by atoms with van der Waals surface area (Å²) in [5.41, 5.74) is -0.635. The summed E-state index contributed by atoms with van der Waals surface area (Å²) in [6, 6.07) is 3.82. The molecule has 0 spiro atoms. The van der Waals surface area contributed by atoms with Gasteiger partial charge in [-0.25, -0.2) is 17.6 Å². The number of hydrogen-bond donors (Lipinski definition) is 1. The molecule has 0 aliphatic rings. The van der Waals surface area contributed by atoms with Crippen LogP contribution >= 0.6 is 0 Å². The zero-order valence-electron chi connectivity index (χ0n) is 10.4. The lowest BCUT2D eigenvalue weighted by atomic mass is 10.2. The highest BCUT2D eigenvalue weighted by molar-refractivity contribution is 5.46. The minimum atomic E-state index is -1.33. The maximum absolute atomic E-state index is 13.4. The zero-order chi connectivity index (χ0) is 15.6. The van der Waals surface area contributed by atoms with Crippen LogP contribution in [0.25, 0.3) is 0 Å². The lowest BCUT2D eigenvalue weighted by Crippen LogP contribution is -2.04. The lowest BCUT2D eigenvalue weighted by Gasteiger charge is -2.08. The molecule has 0 unspecified atom stereocenters. The van der Waals surface area contributed by atoms with Gasteiger partial charge in [0.2, 0.25) is 0 Å². The first-order valence-electron chi connectivity index (χ1n) is 5.69. The van der Waals surface area contributed by atoms with Crippen molar-refractivity contribution in [3.05, 3.63) is 69.3 Å². The summed E-state index contributed by atoms with van der Waals surface area (Å²) in [6.45, 7) is -0.194. The van der Waals surface area contributed by atoms with Crippen LogP contribution in [0.4, 0.5) is 28.9 Å². The van der Waals surface area contributed by atoms with Gasteiger partial charge >= 0.3 is 0 Å². The Kier molecular flexibility index (Phi) is 4.06. The third-order valence-corrected chi connectivity index (χ3v) is 2.65. The summed E-state index contributed by atoms with van der Waals surface area (Å²) in [7, 11) is 0. The van der Waals surface area contributed by atoms with Gasteiger partial charge in [-0.15, -0.1) is 0 Å². The number of nitro benzene ring substituents is 1. The van der Waals surface area contributed by atoms with Crippen molar-refractivity contribution >= 4 is 11.4 Å². The van der Waals surface area contributed by atoms with Crippen LogP contribution in [0.5, 0.6) is 0 Å². The molecule has 0 bridgehead atoms. The van der Waals surface area contributed by atoms with Crippen LogP contribution in [0.2, 0.25) is 0 Å². The van der Waals surface area contributed by atoms with E-state index in [9.17, 15) is 27.7 Å². The van der Waals surface area contributed by atoms with Crippen molar-refractivity contribution in [1.82, 2.24) is 0 Å². The van der Waals surface area contributed by atoms with Gasteiger partial charge in [-0.1, -0.05) is 0 Å². The van der Waals surface area contributed by atoms with E-state index in [4.69, 9.17) is 0 Å². The topological polar surface area (TPSA) is 55.2 Å². The molecule has 110 valence electrons. The molecule has 0 fully saturated rings. The highest BCUT2D eigenvalue weighted by atomic mass is 19.2. The van der Waals surface area contributed by atoms with Crippen LogP contribution in [0.3, 0.4) is 0 Å². The van der Waals surface area contributed by atoms with Gasteiger partial charge in [0.05, 0.1) is 16.7 Å². The van der Waals surface area contributed by atoms with E-state index in [1.54, 1.807) is 0 Å². The minimum absolute atomic E-state index is 0.158. The first kappa shape index (κ1) is 14.8. The molecule has 0 radical (unpaired) electrons. The highest BCUT2D eigenvalue weighted by Crippen LogP contribution is 2.21. The Hall–Kier alpha value is -2.64. The second-order valence-electron chi connectivity index (χ2n) is 4.17. The molecule has 2 aromatic rings. The third kappa shape index (κ3) is 3.47. The standard InChI is InChI=1S/C13H8F4N2O2/c14-8-1-7(2-9(3-8)19(20)21)6-18-13-5-11(16)10(15)4-12(13)17/h1-5,18H,6H2. The highest BCUT2D eigenvalue weighted by Gasteiger charge is 2.12. The Bertz CT molecular complexity index is 707. The van der Waals surface area contributed by atoms with E-state index in [1.807, 2.05) is 0 Å². The van der Waals surface area contributed by atoms with Crippen molar-refractivity contribution < 1.29 is 22.5 Å². The SMILES string of the molecule is O=[N+]([O-])c1cc(F)cc(CNc2cc(F)c(F)cc2F)c1. The van der Waals surface area contributed by atoms with E-state index in [0.717, 1.165) is 18.2 Å². The van der Waals surface area contributed by atoms with Crippen molar-refractivity contribution in [1.29, 1.82) is 0 Å². The molecule has 0 heterocycles. The number of halogens is 4. The van der Waals surface area contributed by atoms with Crippen LogP contribution in [0.15, 0.2) is 30.3 Å². The molecule has 8 heteroatoms. The lowest BCUT2D eigenvalue weighted by molar-refractivity contribution is -0.385. The van der Waals surface area contributed by atoms with E-state index in [1.165, 1.54) is 0 Å². The normalized spacial score (nSPS) is 10.5. The van der Waals surface area contributed by atoms with Crippen LogP contribution in [0.1, 0.15) is 5.56 Å². The monoisotopic (exact) mass is 300 g/mol. The quantitative estimate of drug-likeness (QED) is 0.405. The van der Waals surface area contributed by atoms with E-state index in [-0.39, 0.29) is 17.8 Å². The number of benzene rings is 2. The average Bonchev–Trinajstić information content (AvgIpc) is 2.40. The summed E-state index contributed by atoms with van der Waals surface area (Å²) in [6.07, 6.45) is 0. The largest absolute Gasteiger partial charge is 0.379 e. The maximum atomic E-state index is 13.4. The number of anilines is 1. The number of rotatable bonds is 4. The maximum Gasteiger partial charge on any atom is 0.272 e. The van der Waals surface area contributed by atoms with E-state index in [2.05, 4.69) is 5.32 Å². The molecule has 2 rings (SSSR count). The first-order chi connectivity index (χ1) is 9.86. The summed E-state index contributed by atoms with van der Waals surface area (Å²) >= 11 is 0. The molecule has 1 N–H and O–H groups in total. The molecule has 0 aliphatic carbocycles. The smallest absolute Gasteiger partial charge is 0.272 e. The summed E-state index contributed by atoms with van der Waals surface area (Å²) in [5.74, 6) is -4.44. The van der Waals surface area contributed by atoms with Crippen molar-refractivity contribution in [3.8, 4) is 0 Å². The van der Waals surface area contributed by atoms with Crippen LogP contribution in [-0.2, 0) is 6.54 Å². The molecule has 0 saturated heterocycles. The van der Waals surface area contributed by atoms with Gasteiger partial charge in [0, 0.05) is 24.7 Å². The number of nitrogens with one attached hydrogen (secondary N) is 1. The molecular formula is C13H8F4N2O2. The van der Waals surface area contributed by atoms with Crippen molar-refractivity contribution in [2.75, 3.05) is 5.32 Å². The molecule has 2 aromatic carbocycles. The van der Waals surface area contributed by atoms with Crippen molar-refractivity contribution in [2.24, 2.45) is 0 Å². The number of hydrogen-bond acceptors (Lipinski definition) is 3. The molecule has 0 amide bonds. The fourth-order valence-corrected chi connectivity index (χ4v) is 1.70. The fraction of sp³-hybridized carbons (Fsp3) is 0.0769. The second-order valence-corrected chi connectivity index (χ2v) is 4.17. The Morgan fingerprint density at radius 2 is 1.62 bits per heavy atom. The van der Waals surface area contributed by atoms with Gasteiger partial charge < -0.3 is 5.32 Å². The van der Waals surface area contributed by atoms with E-state index >= 15 is 0 Å². The van der Waals surface area contributed by atoms with Gasteiger partial charge in [0.25, 0.3) is 5.69 Å². The third-order valence-electron chi connectivity index (χ3n) is 2.65. The van der Waals surface area contributed by atoms with Gasteiger partial charge in [-0.3, -0.25) is 10.1 Å². The fourth-order valence-electron chi connectivity index (χ4n) is 1.70. The number of nitrogens with zero attached hydrogens (tertiary/aromatic N) is 1. The average molecular weight is 300 g/mol. The van der Waals surface area contributed by atoms with Crippen LogP contribution in [-0.4, -0.2) is 4.92 Å². The Morgan fingerprint density at radius 1 is 0.952 bits per heavy atom. The van der Waals surface area contributed by atoms with Gasteiger partial charge in [-0.05, 0) is 11.6 Å². The minimum Gasteiger partial charge on any atom is -0.379 e. The zero-order valence-corrected chi connectivity index (χ0v) is 10.4. The van der Waals surface area contributed by atoms with Crippen LogP contribution in [0, 0.1) is 33.4 Å². The number of nitro groups is 1. The molecule has 0 atom stereocenters. The Morgan fingerprint density at radius 3 is 2.29 bits per heavy atom. The Labute approximate surface area is 116 Å². The number of non-ortho nitro benzene ring substituents is 1. The molecule has 0 aromatic heterocycles. The summed E-state index contributed by atoms with van der Waals surface area (Å²) < 4.78 is 52.3. The van der Waals surface area contributed by atoms with Crippen molar-refractivity contribution in [3.63, 3.8) is 0 Å². The van der Waals surface area contributed by atoms with E-state index in [0.29, 0.717) is 12.1 Å². The van der Waals surface area contributed by atoms with Gasteiger partial charge in [0.1, 0.15) is 11.6 Å². The van der Waals surface area contributed by atoms with Gasteiger partial charge in [-0.2, -0.15) is 0 Å². The molecule has 21 heavy (non-hydrogen) atoms. The van der Waals surface area contributed by atoms with Crippen molar-refractivity contribution in [2.45, 2.75) is 6.54 Å². The first-order valence-corrected chi connectivity index (χ1v) is 5.69. The summed E-state index contributed by atoms with van der Waals surface area (Å²) in [4.78, 5) is 9.81. The predicted octanol–water partition coefficient (Wildman–Crippen LogP) is 3.76. The summed E-state index contributed by atoms with van der Waals surface area (Å²) in [5, 5.41) is 13.0. The van der Waals surface area contributed by atoms with E-state index < -0.39 is 33.9 Å². The predicted molar refractivity (Wildman–Crippen MR) is 66.7 cm³/mol. The van der Waals surface area contributed by atoms with Crippen LogP contribution < -0.4 is 5.32 Å². The van der Waals surface area contributed by atoms with Gasteiger partial charge in [0.15, 0.2) is 11.6 Å². The molecular weight excluding hydrogens is 292 g/mol. The molecule has 0 aliphatic heterocycles. The molecule has 0 saturated carbocycles. The molecule has 4 nitrogen and oxygen atoms in total. The second kappa shape index (κ2) is 5.78. The Balaban J connectivity index is 2.20.